The number of nitrogens with one attached hydrogen (secondary N) is 1. The van der Waals surface area contributed by atoms with Gasteiger partial charge in [-0.1, -0.05) is 12.1 Å². The maximum absolute atomic E-state index is 12.5. The van der Waals surface area contributed by atoms with Crippen molar-refractivity contribution >= 4 is 10.9 Å². The van der Waals surface area contributed by atoms with Gasteiger partial charge in [-0.25, -0.2) is 0 Å². The summed E-state index contributed by atoms with van der Waals surface area (Å²) in [4.78, 5) is 17.8. The van der Waals surface area contributed by atoms with Crippen LogP contribution in [0.3, 0.4) is 0 Å². The molecule has 0 aliphatic carbocycles. The van der Waals surface area contributed by atoms with Gasteiger partial charge in [-0.3, -0.25) is 9.69 Å². The van der Waals surface area contributed by atoms with Gasteiger partial charge in [0.05, 0.1) is 17.8 Å². The quantitative estimate of drug-likeness (QED) is 0.868. The molecule has 1 spiro atoms. The molecule has 0 saturated carbocycles. The molecule has 1 unspecified atom stereocenters. The molecule has 26 heavy (non-hydrogen) atoms. The van der Waals surface area contributed by atoms with Gasteiger partial charge in [0.2, 0.25) is 0 Å². The SMILES string of the molecule is Cc1ccc2cc(CN3CCC4(CC3)CC(C)(O)CCO4)c(=O)[nH]c2c1. The van der Waals surface area contributed by atoms with Crippen LogP contribution in [0.5, 0.6) is 0 Å². The van der Waals surface area contributed by atoms with Crippen molar-refractivity contribution in [2.24, 2.45) is 0 Å². The van der Waals surface area contributed by atoms with E-state index in [1.54, 1.807) is 0 Å². The largest absolute Gasteiger partial charge is 0.390 e. The molecule has 1 aromatic carbocycles. The minimum atomic E-state index is -0.617. The number of fused-ring (bicyclic) bond motifs is 1. The molecule has 0 radical (unpaired) electrons. The summed E-state index contributed by atoms with van der Waals surface area (Å²) in [6.45, 7) is 7.02. The number of nitrogens with zero attached hydrogens (tertiary/aromatic N) is 1. The zero-order valence-electron chi connectivity index (χ0n) is 15.7. The van der Waals surface area contributed by atoms with Gasteiger partial charge in [-0.15, -0.1) is 0 Å². The summed E-state index contributed by atoms with van der Waals surface area (Å²) in [5.74, 6) is 0. The van der Waals surface area contributed by atoms with Crippen LogP contribution in [0.15, 0.2) is 29.1 Å². The first-order valence-corrected chi connectivity index (χ1v) is 9.56. The van der Waals surface area contributed by atoms with Gasteiger partial charge in [-0.2, -0.15) is 0 Å². The number of piperidine rings is 1. The first kappa shape index (κ1) is 17.7. The minimum absolute atomic E-state index is 0.000219. The standard InChI is InChI=1S/C21H28N2O3/c1-15-3-4-16-12-17(19(24)22-18(16)11-15)13-23-8-5-21(6-9-23)14-20(2,25)7-10-26-21/h3-4,11-12,25H,5-10,13-14H2,1-2H3,(H,22,24). The van der Waals surface area contributed by atoms with E-state index in [2.05, 4.69) is 22.0 Å². The Hall–Kier alpha value is -1.69. The van der Waals surface area contributed by atoms with Crippen molar-refractivity contribution < 1.29 is 9.84 Å². The number of aryl methyl sites for hydroxylation is 1. The maximum Gasteiger partial charge on any atom is 0.252 e. The number of H-pyrrole nitrogens is 1. The summed E-state index contributed by atoms with van der Waals surface area (Å²) >= 11 is 0. The second-order valence-electron chi connectivity index (χ2n) is 8.45. The van der Waals surface area contributed by atoms with Crippen LogP contribution < -0.4 is 5.56 Å². The number of hydrogen-bond acceptors (Lipinski definition) is 4. The number of aliphatic hydroxyl groups is 1. The Morgan fingerprint density at radius 3 is 2.73 bits per heavy atom. The van der Waals surface area contributed by atoms with Gasteiger partial charge in [-0.05, 0) is 56.2 Å². The number of benzene rings is 1. The molecule has 5 heteroatoms. The number of pyridine rings is 1. The van der Waals surface area contributed by atoms with Gasteiger partial charge in [0, 0.05) is 37.1 Å². The normalized spacial score (nSPS) is 26.4. The summed E-state index contributed by atoms with van der Waals surface area (Å²) in [6, 6.07) is 8.16. The molecule has 1 aromatic heterocycles. The summed E-state index contributed by atoms with van der Waals surface area (Å²) < 4.78 is 6.08. The van der Waals surface area contributed by atoms with E-state index in [0.717, 1.165) is 48.0 Å². The van der Waals surface area contributed by atoms with E-state index in [1.807, 2.05) is 26.0 Å². The van der Waals surface area contributed by atoms with Crippen molar-refractivity contribution in [1.29, 1.82) is 0 Å². The fraction of sp³-hybridized carbons (Fsp3) is 0.571. The molecule has 2 N–H and O–H groups in total. The molecular formula is C21H28N2O3. The van der Waals surface area contributed by atoms with Crippen LogP contribution in [0.1, 0.15) is 43.7 Å². The first-order chi connectivity index (χ1) is 12.3. The number of aromatic amines is 1. The van der Waals surface area contributed by atoms with Crippen molar-refractivity contribution in [2.45, 2.75) is 57.3 Å². The Bertz CT molecular complexity index is 863. The van der Waals surface area contributed by atoms with Crippen LogP contribution in [-0.2, 0) is 11.3 Å². The second kappa shape index (κ2) is 6.48. The van der Waals surface area contributed by atoms with Crippen LogP contribution in [0.2, 0.25) is 0 Å². The smallest absolute Gasteiger partial charge is 0.252 e. The fourth-order valence-electron chi connectivity index (χ4n) is 4.48. The van der Waals surface area contributed by atoms with Crippen molar-refractivity contribution in [3.8, 4) is 0 Å². The van der Waals surface area contributed by atoms with E-state index in [0.29, 0.717) is 26.0 Å². The van der Waals surface area contributed by atoms with Gasteiger partial charge < -0.3 is 14.8 Å². The number of aromatic nitrogens is 1. The Morgan fingerprint density at radius 2 is 2.00 bits per heavy atom. The second-order valence-corrected chi connectivity index (χ2v) is 8.45. The third-order valence-electron chi connectivity index (χ3n) is 5.99. The van der Waals surface area contributed by atoms with Crippen LogP contribution in [0.4, 0.5) is 0 Å². The summed E-state index contributed by atoms with van der Waals surface area (Å²) in [7, 11) is 0. The lowest BCUT2D eigenvalue weighted by atomic mass is 9.78. The Morgan fingerprint density at radius 1 is 1.23 bits per heavy atom. The zero-order chi connectivity index (χ0) is 18.4. The van der Waals surface area contributed by atoms with Crippen LogP contribution in [0, 0.1) is 6.92 Å². The van der Waals surface area contributed by atoms with E-state index in [-0.39, 0.29) is 11.2 Å². The summed E-state index contributed by atoms with van der Waals surface area (Å²) in [5, 5.41) is 11.5. The molecule has 2 aliphatic rings. The lowest BCUT2D eigenvalue weighted by Gasteiger charge is -2.48. The molecule has 5 nitrogen and oxygen atoms in total. The maximum atomic E-state index is 12.5. The highest BCUT2D eigenvalue weighted by Gasteiger charge is 2.44. The first-order valence-electron chi connectivity index (χ1n) is 9.56. The molecule has 0 bridgehead atoms. The van der Waals surface area contributed by atoms with Gasteiger partial charge in [0.15, 0.2) is 0 Å². The molecule has 140 valence electrons. The predicted molar refractivity (Wildman–Crippen MR) is 102 cm³/mol. The highest BCUT2D eigenvalue weighted by molar-refractivity contribution is 5.79. The van der Waals surface area contributed by atoms with Crippen molar-refractivity contribution in [3.63, 3.8) is 0 Å². The third-order valence-corrected chi connectivity index (χ3v) is 5.99. The fourth-order valence-corrected chi connectivity index (χ4v) is 4.48. The van der Waals surface area contributed by atoms with Crippen molar-refractivity contribution in [1.82, 2.24) is 9.88 Å². The highest BCUT2D eigenvalue weighted by atomic mass is 16.5. The summed E-state index contributed by atoms with van der Waals surface area (Å²) in [6.07, 6.45) is 3.25. The Labute approximate surface area is 154 Å². The number of likely N-dealkylation sites (tertiary alicyclic amines) is 1. The molecular weight excluding hydrogens is 328 g/mol. The predicted octanol–water partition coefficient (Wildman–Crippen LogP) is 2.73. The van der Waals surface area contributed by atoms with Gasteiger partial charge >= 0.3 is 0 Å². The van der Waals surface area contributed by atoms with E-state index in [4.69, 9.17) is 4.74 Å². The lowest BCUT2D eigenvalue weighted by molar-refractivity contribution is -0.173. The molecule has 2 aliphatic heterocycles. The van der Waals surface area contributed by atoms with Crippen molar-refractivity contribution in [3.05, 3.63) is 45.7 Å². The highest BCUT2D eigenvalue weighted by Crippen LogP contribution is 2.39. The van der Waals surface area contributed by atoms with Crippen LogP contribution in [-0.4, -0.2) is 45.9 Å². The van der Waals surface area contributed by atoms with E-state index in [1.165, 1.54) is 0 Å². The molecule has 2 saturated heterocycles. The topological polar surface area (TPSA) is 65.6 Å². The van der Waals surface area contributed by atoms with Gasteiger partial charge in [0.1, 0.15) is 0 Å². The van der Waals surface area contributed by atoms with Gasteiger partial charge in [0.25, 0.3) is 5.56 Å². The van der Waals surface area contributed by atoms with E-state index < -0.39 is 5.60 Å². The van der Waals surface area contributed by atoms with Crippen molar-refractivity contribution in [2.75, 3.05) is 19.7 Å². The number of hydrogen-bond donors (Lipinski definition) is 2. The van der Waals surface area contributed by atoms with Crippen LogP contribution in [0.25, 0.3) is 10.9 Å². The van der Waals surface area contributed by atoms with E-state index >= 15 is 0 Å². The molecule has 3 heterocycles. The number of rotatable bonds is 2. The third kappa shape index (κ3) is 3.56. The Balaban J connectivity index is 1.46. The summed E-state index contributed by atoms with van der Waals surface area (Å²) in [5.41, 5.74) is 2.05. The average Bonchev–Trinajstić information content (AvgIpc) is 2.57. The molecule has 2 fully saturated rings. The minimum Gasteiger partial charge on any atom is -0.390 e. The molecule has 4 rings (SSSR count). The van der Waals surface area contributed by atoms with Crippen LogP contribution >= 0.6 is 0 Å². The zero-order valence-corrected chi connectivity index (χ0v) is 15.7. The molecule has 2 aromatic rings. The number of ether oxygens (including phenoxy) is 1. The monoisotopic (exact) mass is 356 g/mol. The van der Waals surface area contributed by atoms with E-state index in [9.17, 15) is 9.90 Å². The molecule has 1 atom stereocenters. The lowest BCUT2D eigenvalue weighted by Crippen LogP contribution is -2.53. The Kier molecular flexibility index (Phi) is 4.41. The average molecular weight is 356 g/mol. The molecule has 0 amide bonds.